The lowest BCUT2D eigenvalue weighted by Crippen LogP contribution is -2.46. The van der Waals surface area contributed by atoms with E-state index in [9.17, 15) is 4.79 Å². The smallest absolute Gasteiger partial charge is 0.256 e. The molecule has 0 radical (unpaired) electrons. The quantitative estimate of drug-likeness (QED) is 0.850. The van der Waals surface area contributed by atoms with Crippen molar-refractivity contribution in [3.63, 3.8) is 0 Å². The van der Waals surface area contributed by atoms with Gasteiger partial charge in [-0.25, -0.2) is 0 Å². The minimum atomic E-state index is -0.718. The van der Waals surface area contributed by atoms with Gasteiger partial charge < -0.3 is 14.8 Å². The molecule has 0 unspecified atom stereocenters. The van der Waals surface area contributed by atoms with Crippen molar-refractivity contribution < 1.29 is 14.3 Å². The van der Waals surface area contributed by atoms with E-state index in [1.54, 1.807) is 13.3 Å². The number of aromatic nitrogens is 1. The summed E-state index contributed by atoms with van der Waals surface area (Å²) in [6.45, 7) is 2.71. The summed E-state index contributed by atoms with van der Waals surface area (Å²) in [5.41, 5.74) is 0.798. The molecule has 1 fully saturated rings. The number of hydrogen-bond acceptors (Lipinski definition) is 4. The van der Waals surface area contributed by atoms with Gasteiger partial charge in [0, 0.05) is 18.7 Å². The maximum absolute atomic E-state index is 12.9. The standard InChI is InChI=1S/C20H26N2O3/c1-3-14-25-17-10-9-16(15-8-7-13-21-18(15)17)22-19(23)20(24-2)11-5-4-6-12-20/h7-10,13H,3-6,11-12,14H2,1-2H3,(H,22,23). The van der Waals surface area contributed by atoms with Crippen molar-refractivity contribution in [2.75, 3.05) is 19.0 Å². The van der Waals surface area contributed by atoms with Gasteiger partial charge in [0.1, 0.15) is 16.9 Å². The van der Waals surface area contributed by atoms with Gasteiger partial charge in [0.05, 0.1) is 12.3 Å². The fourth-order valence-electron chi connectivity index (χ4n) is 3.47. The molecule has 2 aromatic rings. The van der Waals surface area contributed by atoms with Crippen LogP contribution in [0.4, 0.5) is 5.69 Å². The van der Waals surface area contributed by atoms with Crippen LogP contribution in [0.1, 0.15) is 45.4 Å². The van der Waals surface area contributed by atoms with E-state index in [0.717, 1.165) is 60.9 Å². The third-order valence-electron chi connectivity index (χ3n) is 4.91. The summed E-state index contributed by atoms with van der Waals surface area (Å²) in [4.78, 5) is 17.4. The molecule has 0 bridgehead atoms. The van der Waals surface area contributed by atoms with E-state index in [-0.39, 0.29) is 5.91 Å². The largest absolute Gasteiger partial charge is 0.491 e. The minimum Gasteiger partial charge on any atom is -0.491 e. The third kappa shape index (κ3) is 3.61. The van der Waals surface area contributed by atoms with E-state index in [4.69, 9.17) is 9.47 Å². The Morgan fingerprint density at radius 2 is 2.04 bits per heavy atom. The maximum Gasteiger partial charge on any atom is 0.256 e. The molecule has 134 valence electrons. The Morgan fingerprint density at radius 1 is 1.24 bits per heavy atom. The van der Waals surface area contributed by atoms with Crippen molar-refractivity contribution in [3.8, 4) is 5.75 Å². The number of benzene rings is 1. The van der Waals surface area contributed by atoms with Crippen molar-refractivity contribution in [3.05, 3.63) is 30.5 Å². The van der Waals surface area contributed by atoms with Crippen molar-refractivity contribution in [2.24, 2.45) is 0 Å². The molecule has 0 saturated heterocycles. The number of carbonyl (C=O) groups is 1. The molecule has 3 rings (SSSR count). The van der Waals surface area contributed by atoms with Crippen LogP contribution < -0.4 is 10.1 Å². The highest BCUT2D eigenvalue weighted by Gasteiger charge is 2.39. The van der Waals surface area contributed by atoms with Crippen LogP contribution in [0.25, 0.3) is 10.9 Å². The molecule has 1 aliphatic carbocycles. The van der Waals surface area contributed by atoms with Gasteiger partial charge >= 0.3 is 0 Å². The van der Waals surface area contributed by atoms with Gasteiger partial charge in [-0.3, -0.25) is 9.78 Å². The molecule has 25 heavy (non-hydrogen) atoms. The number of anilines is 1. The van der Waals surface area contributed by atoms with E-state index in [2.05, 4.69) is 17.2 Å². The number of nitrogens with zero attached hydrogens (tertiary/aromatic N) is 1. The summed E-state index contributed by atoms with van der Waals surface area (Å²) in [5.74, 6) is 0.677. The minimum absolute atomic E-state index is 0.0675. The fraction of sp³-hybridized carbons (Fsp3) is 0.500. The normalized spacial score (nSPS) is 16.6. The molecular formula is C20H26N2O3. The van der Waals surface area contributed by atoms with Crippen LogP contribution in [-0.2, 0) is 9.53 Å². The monoisotopic (exact) mass is 342 g/mol. The second-order valence-electron chi connectivity index (χ2n) is 6.57. The molecule has 1 aromatic heterocycles. The van der Waals surface area contributed by atoms with Gasteiger partial charge in [-0.1, -0.05) is 26.2 Å². The first-order chi connectivity index (χ1) is 12.2. The molecule has 1 heterocycles. The summed E-state index contributed by atoms with van der Waals surface area (Å²) < 4.78 is 11.4. The summed E-state index contributed by atoms with van der Waals surface area (Å²) in [7, 11) is 1.63. The van der Waals surface area contributed by atoms with Crippen molar-refractivity contribution >= 4 is 22.5 Å². The zero-order chi connectivity index (χ0) is 17.7. The van der Waals surface area contributed by atoms with Crippen LogP contribution in [0.3, 0.4) is 0 Å². The van der Waals surface area contributed by atoms with Crippen molar-refractivity contribution in [1.82, 2.24) is 4.98 Å². The van der Waals surface area contributed by atoms with Crippen molar-refractivity contribution in [2.45, 2.75) is 51.0 Å². The average molecular weight is 342 g/mol. The average Bonchev–Trinajstić information content (AvgIpc) is 2.67. The molecule has 0 spiro atoms. The highest BCUT2D eigenvalue weighted by atomic mass is 16.5. The predicted molar refractivity (Wildman–Crippen MR) is 99.0 cm³/mol. The molecule has 1 N–H and O–H groups in total. The number of methoxy groups -OCH3 is 1. The number of pyridine rings is 1. The highest BCUT2D eigenvalue weighted by Crippen LogP contribution is 2.34. The van der Waals surface area contributed by atoms with E-state index in [1.807, 2.05) is 24.3 Å². The van der Waals surface area contributed by atoms with Gasteiger partial charge in [-0.05, 0) is 43.5 Å². The number of carbonyl (C=O) groups excluding carboxylic acids is 1. The zero-order valence-corrected chi connectivity index (χ0v) is 15.0. The lowest BCUT2D eigenvalue weighted by Gasteiger charge is -2.34. The summed E-state index contributed by atoms with van der Waals surface area (Å²) in [5, 5.41) is 3.95. The first kappa shape index (κ1) is 17.7. The lowest BCUT2D eigenvalue weighted by atomic mass is 9.84. The Bertz CT molecular complexity index is 739. The molecule has 1 saturated carbocycles. The van der Waals surface area contributed by atoms with E-state index < -0.39 is 5.60 Å². The number of rotatable bonds is 6. The Labute approximate surface area is 148 Å². The van der Waals surface area contributed by atoms with Gasteiger partial charge in [-0.2, -0.15) is 0 Å². The third-order valence-corrected chi connectivity index (χ3v) is 4.91. The second kappa shape index (κ2) is 7.83. The SMILES string of the molecule is CCCOc1ccc(NC(=O)C2(OC)CCCCC2)c2cccnc12. The highest BCUT2D eigenvalue weighted by molar-refractivity contribution is 6.05. The molecular weight excluding hydrogens is 316 g/mol. The number of nitrogens with one attached hydrogen (secondary N) is 1. The topological polar surface area (TPSA) is 60.5 Å². The Balaban J connectivity index is 1.90. The Hall–Kier alpha value is -2.14. The lowest BCUT2D eigenvalue weighted by molar-refractivity contribution is -0.141. The molecule has 1 aromatic carbocycles. The van der Waals surface area contributed by atoms with Crippen LogP contribution in [0.2, 0.25) is 0 Å². The summed E-state index contributed by atoms with van der Waals surface area (Å²) in [6.07, 6.45) is 7.41. The van der Waals surface area contributed by atoms with Gasteiger partial charge in [0.25, 0.3) is 5.91 Å². The Morgan fingerprint density at radius 3 is 2.76 bits per heavy atom. The van der Waals surface area contributed by atoms with Crippen LogP contribution in [0.5, 0.6) is 5.75 Å². The first-order valence-corrected chi connectivity index (χ1v) is 9.07. The van der Waals surface area contributed by atoms with Crippen LogP contribution in [0.15, 0.2) is 30.5 Å². The predicted octanol–water partition coefficient (Wildman–Crippen LogP) is 4.31. The molecule has 5 nitrogen and oxygen atoms in total. The molecule has 1 aliphatic rings. The molecule has 5 heteroatoms. The summed E-state index contributed by atoms with van der Waals surface area (Å²) in [6, 6.07) is 7.59. The zero-order valence-electron chi connectivity index (χ0n) is 15.0. The summed E-state index contributed by atoms with van der Waals surface area (Å²) >= 11 is 0. The first-order valence-electron chi connectivity index (χ1n) is 9.07. The van der Waals surface area contributed by atoms with Crippen LogP contribution >= 0.6 is 0 Å². The van der Waals surface area contributed by atoms with Crippen molar-refractivity contribution in [1.29, 1.82) is 0 Å². The molecule has 0 atom stereocenters. The number of ether oxygens (including phenoxy) is 2. The van der Waals surface area contributed by atoms with Gasteiger partial charge in [0.15, 0.2) is 0 Å². The second-order valence-corrected chi connectivity index (χ2v) is 6.57. The molecule has 0 aliphatic heterocycles. The molecule has 1 amide bonds. The number of fused-ring (bicyclic) bond motifs is 1. The van der Waals surface area contributed by atoms with Crippen LogP contribution in [0, 0.1) is 0 Å². The van der Waals surface area contributed by atoms with E-state index >= 15 is 0 Å². The number of hydrogen-bond donors (Lipinski definition) is 1. The Kier molecular flexibility index (Phi) is 5.53. The van der Waals surface area contributed by atoms with Gasteiger partial charge in [-0.15, -0.1) is 0 Å². The van der Waals surface area contributed by atoms with E-state index in [0.29, 0.717) is 6.61 Å². The maximum atomic E-state index is 12.9. The van der Waals surface area contributed by atoms with E-state index in [1.165, 1.54) is 0 Å². The van der Waals surface area contributed by atoms with Gasteiger partial charge in [0.2, 0.25) is 0 Å². The number of amides is 1. The van der Waals surface area contributed by atoms with Crippen LogP contribution in [-0.4, -0.2) is 30.2 Å². The fourth-order valence-corrected chi connectivity index (χ4v) is 3.47.